The number of aryl methyl sites for hydroxylation is 4. The topological polar surface area (TPSA) is 57.7 Å². The van der Waals surface area contributed by atoms with Crippen LogP contribution < -0.4 is 9.47 Å². The molecule has 0 aliphatic heterocycles. The van der Waals surface area contributed by atoms with Crippen LogP contribution in [0.25, 0.3) is 0 Å². The van der Waals surface area contributed by atoms with Crippen molar-refractivity contribution in [3.05, 3.63) is 89.2 Å². The minimum atomic E-state index is -0.235. The summed E-state index contributed by atoms with van der Waals surface area (Å²) in [6, 6.07) is 22.7. The Hall–Kier alpha value is -3.34. The van der Waals surface area contributed by atoms with Gasteiger partial charge in [0, 0.05) is 12.1 Å². The molecular weight excluding hydrogens is 426 g/mol. The number of benzene rings is 2. The molecule has 0 amide bonds. The van der Waals surface area contributed by atoms with Crippen LogP contribution >= 0.6 is 0 Å². The highest BCUT2D eigenvalue weighted by Gasteiger charge is 2.11. The SMILES string of the molecule is COC(=O)CCc1nc(CCCc2ccccc2)ccc1OCCCCc1ccc(OC)cc1. The van der Waals surface area contributed by atoms with E-state index in [1.807, 2.05) is 30.3 Å². The first kappa shape index (κ1) is 25.3. The number of aromatic nitrogens is 1. The van der Waals surface area contributed by atoms with Crippen LogP contribution in [-0.2, 0) is 35.2 Å². The van der Waals surface area contributed by atoms with E-state index in [9.17, 15) is 4.79 Å². The van der Waals surface area contributed by atoms with Crippen molar-refractivity contribution in [1.82, 2.24) is 4.98 Å². The molecule has 0 saturated carbocycles. The summed E-state index contributed by atoms with van der Waals surface area (Å²) in [5, 5.41) is 0. The van der Waals surface area contributed by atoms with Crippen molar-refractivity contribution in [2.75, 3.05) is 20.8 Å². The Morgan fingerprint density at radius 1 is 0.765 bits per heavy atom. The molecule has 3 rings (SSSR count). The van der Waals surface area contributed by atoms with E-state index in [1.165, 1.54) is 18.2 Å². The molecule has 5 heteroatoms. The summed E-state index contributed by atoms with van der Waals surface area (Å²) in [7, 11) is 3.09. The largest absolute Gasteiger partial charge is 0.497 e. The first-order valence-electron chi connectivity index (χ1n) is 12.0. The van der Waals surface area contributed by atoms with Gasteiger partial charge in [-0.25, -0.2) is 0 Å². The van der Waals surface area contributed by atoms with E-state index in [0.717, 1.165) is 61.4 Å². The van der Waals surface area contributed by atoms with E-state index in [-0.39, 0.29) is 5.97 Å². The Balaban J connectivity index is 1.50. The zero-order valence-corrected chi connectivity index (χ0v) is 20.3. The molecule has 5 nitrogen and oxygen atoms in total. The maximum absolute atomic E-state index is 11.7. The summed E-state index contributed by atoms with van der Waals surface area (Å²) in [5.41, 5.74) is 4.49. The van der Waals surface area contributed by atoms with Crippen molar-refractivity contribution in [1.29, 1.82) is 0 Å². The molecule has 1 aromatic heterocycles. The highest BCUT2D eigenvalue weighted by atomic mass is 16.5. The molecule has 0 N–H and O–H groups in total. The molecule has 3 aromatic rings. The molecule has 180 valence electrons. The van der Waals surface area contributed by atoms with E-state index >= 15 is 0 Å². The van der Waals surface area contributed by atoms with Crippen LogP contribution in [0.3, 0.4) is 0 Å². The Labute approximate surface area is 203 Å². The molecule has 1 heterocycles. The van der Waals surface area contributed by atoms with Gasteiger partial charge in [0.2, 0.25) is 0 Å². The van der Waals surface area contributed by atoms with Gasteiger partial charge in [-0.1, -0.05) is 42.5 Å². The van der Waals surface area contributed by atoms with Crippen LogP contribution in [0.1, 0.15) is 48.2 Å². The number of nitrogens with zero attached hydrogens (tertiary/aromatic N) is 1. The molecule has 0 saturated heterocycles. The van der Waals surface area contributed by atoms with Gasteiger partial charge >= 0.3 is 5.97 Å². The van der Waals surface area contributed by atoms with E-state index in [2.05, 4.69) is 36.4 Å². The molecule has 0 bridgehead atoms. The van der Waals surface area contributed by atoms with Crippen molar-refractivity contribution in [2.45, 2.75) is 51.4 Å². The van der Waals surface area contributed by atoms with Crippen molar-refractivity contribution in [3.8, 4) is 11.5 Å². The lowest BCUT2D eigenvalue weighted by atomic mass is 10.1. The number of carbonyl (C=O) groups is 1. The predicted octanol–water partition coefficient (Wildman–Crippen LogP) is 5.77. The number of ether oxygens (including phenoxy) is 3. The monoisotopic (exact) mass is 461 g/mol. The smallest absolute Gasteiger partial charge is 0.305 e. The fraction of sp³-hybridized carbons (Fsp3) is 0.379. The Morgan fingerprint density at radius 2 is 1.50 bits per heavy atom. The molecule has 0 radical (unpaired) electrons. The zero-order valence-electron chi connectivity index (χ0n) is 20.3. The number of hydrogen-bond acceptors (Lipinski definition) is 5. The number of pyridine rings is 1. The van der Waals surface area contributed by atoms with Crippen molar-refractivity contribution in [2.24, 2.45) is 0 Å². The minimum Gasteiger partial charge on any atom is -0.497 e. The van der Waals surface area contributed by atoms with Crippen LogP contribution in [0, 0.1) is 0 Å². The van der Waals surface area contributed by atoms with Crippen molar-refractivity contribution >= 4 is 5.97 Å². The summed E-state index contributed by atoms with van der Waals surface area (Å²) < 4.78 is 16.1. The maximum Gasteiger partial charge on any atom is 0.305 e. The molecular formula is C29H35NO4. The summed E-state index contributed by atoms with van der Waals surface area (Å²) in [4.78, 5) is 16.5. The molecule has 0 aliphatic rings. The standard InChI is InChI=1S/C29H35NO4/c1-32-26-17-14-24(15-18-26)11-6-7-22-34-28-20-16-25(30-27(28)19-21-29(31)33-2)13-8-12-23-9-4-3-5-10-23/h3-5,9-10,14-18,20H,6-8,11-13,19,21-22H2,1-2H3. The Bertz CT molecular complexity index is 1000. The van der Waals surface area contributed by atoms with E-state index in [4.69, 9.17) is 19.2 Å². The van der Waals surface area contributed by atoms with Crippen molar-refractivity contribution < 1.29 is 19.0 Å². The molecule has 0 unspecified atom stereocenters. The van der Waals surface area contributed by atoms with Crippen LogP contribution in [0.4, 0.5) is 0 Å². The first-order chi connectivity index (χ1) is 16.7. The lowest BCUT2D eigenvalue weighted by Crippen LogP contribution is -2.08. The van der Waals surface area contributed by atoms with E-state index < -0.39 is 0 Å². The summed E-state index contributed by atoms with van der Waals surface area (Å²) in [6.45, 7) is 0.621. The first-order valence-corrected chi connectivity index (χ1v) is 12.0. The summed E-state index contributed by atoms with van der Waals surface area (Å²) in [6.07, 6.45) is 6.73. The third kappa shape index (κ3) is 8.54. The fourth-order valence-electron chi connectivity index (χ4n) is 3.83. The van der Waals surface area contributed by atoms with Gasteiger partial charge in [-0.2, -0.15) is 0 Å². The average molecular weight is 462 g/mol. The van der Waals surface area contributed by atoms with Gasteiger partial charge in [0.25, 0.3) is 0 Å². The van der Waals surface area contributed by atoms with Gasteiger partial charge < -0.3 is 14.2 Å². The summed E-state index contributed by atoms with van der Waals surface area (Å²) >= 11 is 0. The van der Waals surface area contributed by atoms with Gasteiger partial charge in [-0.15, -0.1) is 0 Å². The quantitative estimate of drug-likeness (QED) is 0.225. The van der Waals surface area contributed by atoms with Gasteiger partial charge in [0.05, 0.1) is 32.9 Å². The zero-order chi connectivity index (χ0) is 24.0. The van der Waals surface area contributed by atoms with Gasteiger partial charge in [-0.05, 0) is 73.9 Å². The maximum atomic E-state index is 11.7. The van der Waals surface area contributed by atoms with E-state index in [1.54, 1.807) is 7.11 Å². The Kier molecular flexibility index (Phi) is 10.4. The normalized spacial score (nSPS) is 10.6. The predicted molar refractivity (Wildman–Crippen MR) is 134 cm³/mol. The Morgan fingerprint density at radius 3 is 2.24 bits per heavy atom. The minimum absolute atomic E-state index is 0.235. The second-order valence-electron chi connectivity index (χ2n) is 8.32. The molecule has 0 atom stereocenters. The lowest BCUT2D eigenvalue weighted by molar-refractivity contribution is -0.140. The number of hydrogen-bond donors (Lipinski definition) is 0. The number of unbranched alkanes of at least 4 members (excludes halogenated alkanes) is 1. The molecule has 2 aromatic carbocycles. The van der Waals surface area contributed by atoms with Crippen LogP contribution in [0.2, 0.25) is 0 Å². The van der Waals surface area contributed by atoms with Crippen molar-refractivity contribution in [3.63, 3.8) is 0 Å². The average Bonchev–Trinajstić information content (AvgIpc) is 2.88. The molecule has 0 fully saturated rings. The van der Waals surface area contributed by atoms with Crippen LogP contribution in [0.15, 0.2) is 66.7 Å². The lowest BCUT2D eigenvalue weighted by Gasteiger charge is -2.13. The third-order valence-electron chi connectivity index (χ3n) is 5.80. The number of methoxy groups -OCH3 is 2. The number of rotatable bonds is 14. The second-order valence-corrected chi connectivity index (χ2v) is 8.32. The molecule has 0 aliphatic carbocycles. The van der Waals surface area contributed by atoms with Gasteiger partial charge in [0.15, 0.2) is 0 Å². The molecule has 34 heavy (non-hydrogen) atoms. The number of esters is 1. The van der Waals surface area contributed by atoms with Gasteiger partial charge in [-0.3, -0.25) is 9.78 Å². The highest BCUT2D eigenvalue weighted by Crippen LogP contribution is 2.21. The van der Waals surface area contributed by atoms with Gasteiger partial charge in [0.1, 0.15) is 11.5 Å². The third-order valence-corrected chi connectivity index (χ3v) is 5.80. The molecule has 0 spiro atoms. The van der Waals surface area contributed by atoms with Crippen LogP contribution in [0.5, 0.6) is 11.5 Å². The second kappa shape index (κ2) is 14.0. The highest BCUT2D eigenvalue weighted by molar-refractivity contribution is 5.69. The van der Waals surface area contributed by atoms with Crippen LogP contribution in [-0.4, -0.2) is 31.8 Å². The number of carbonyl (C=O) groups excluding carboxylic acids is 1. The summed E-state index contributed by atoms with van der Waals surface area (Å²) in [5.74, 6) is 1.41. The fourth-order valence-corrected chi connectivity index (χ4v) is 3.83. The van der Waals surface area contributed by atoms with E-state index in [0.29, 0.717) is 19.4 Å².